The van der Waals surface area contributed by atoms with Crippen molar-refractivity contribution in [3.63, 3.8) is 0 Å². The van der Waals surface area contributed by atoms with Gasteiger partial charge in [-0.2, -0.15) is 13.2 Å². The summed E-state index contributed by atoms with van der Waals surface area (Å²) in [6.45, 7) is 0. The van der Waals surface area contributed by atoms with Crippen LogP contribution in [0.15, 0.2) is 30.3 Å². The Hall–Kier alpha value is -1.30. The fraction of sp³-hybridized carbons (Fsp3) is 0.0769. The van der Waals surface area contributed by atoms with Crippen LogP contribution >= 0.6 is 34.8 Å². The molecule has 1 heterocycles. The Balaban J connectivity index is 2.42. The summed E-state index contributed by atoms with van der Waals surface area (Å²) in [5, 5.41) is -0.121. The first-order valence-electron chi connectivity index (χ1n) is 5.43. The van der Waals surface area contributed by atoms with E-state index < -0.39 is 22.8 Å². The fourth-order valence-corrected chi connectivity index (χ4v) is 2.09. The van der Waals surface area contributed by atoms with Gasteiger partial charge < -0.3 is 0 Å². The van der Waals surface area contributed by atoms with Crippen molar-refractivity contribution in [2.24, 2.45) is 0 Å². The summed E-state index contributed by atoms with van der Waals surface area (Å²) in [6.07, 6.45) is -4.63. The standard InChI is InChI=1S/C13H5Cl3F3NO/c14-8-3-1-6(5-9(8)15)11(21)7-2-4-10(13(17,18)19)20-12(7)16/h1-5H. The smallest absolute Gasteiger partial charge is 0.288 e. The minimum atomic E-state index is -4.63. The molecule has 2 nitrogen and oxygen atoms in total. The summed E-state index contributed by atoms with van der Waals surface area (Å²) in [5.74, 6) is -0.597. The summed E-state index contributed by atoms with van der Waals surface area (Å²) < 4.78 is 37.4. The maximum atomic E-state index is 12.5. The number of rotatable bonds is 2. The van der Waals surface area contributed by atoms with Gasteiger partial charge in [-0.3, -0.25) is 4.79 Å². The lowest BCUT2D eigenvalue weighted by molar-refractivity contribution is -0.141. The molecular weight excluding hydrogens is 350 g/mol. The molecule has 0 bridgehead atoms. The van der Waals surface area contributed by atoms with E-state index in [2.05, 4.69) is 4.98 Å². The largest absolute Gasteiger partial charge is 0.433 e. The fourth-order valence-electron chi connectivity index (χ4n) is 1.55. The number of pyridine rings is 1. The quantitative estimate of drug-likeness (QED) is 0.542. The number of ketones is 1. The number of carbonyl (C=O) groups excluding carboxylic acids is 1. The van der Waals surface area contributed by atoms with Gasteiger partial charge in [-0.25, -0.2) is 4.98 Å². The van der Waals surface area contributed by atoms with E-state index in [1.54, 1.807) is 0 Å². The van der Waals surface area contributed by atoms with E-state index >= 15 is 0 Å². The summed E-state index contributed by atoms with van der Waals surface area (Å²) >= 11 is 17.2. The molecular formula is C13H5Cl3F3NO. The Morgan fingerprint density at radius 2 is 1.67 bits per heavy atom. The van der Waals surface area contributed by atoms with Gasteiger partial charge in [0.05, 0.1) is 15.6 Å². The molecule has 0 aliphatic heterocycles. The lowest BCUT2D eigenvalue weighted by Crippen LogP contribution is -2.10. The minimum Gasteiger partial charge on any atom is -0.288 e. The molecule has 1 aromatic heterocycles. The highest BCUT2D eigenvalue weighted by Gasteiger charge is 2.33. The molecule has 0 aliphatic rings. The molecule has 0 spiro atoms. The van der Waals surface area contributed by atoms with E-state index in [1.165, 1.54) is 18.2 Å². The number of carbonyl (C=O) groups is 1. The van der Waals surface area contributed by atoms with Gasteiger partial charge in [0.15, 0.2) is 5.78 Å². The SMILES string of the molecule is O=C(c1ccc(Cl)c(Cl)c1)c1ccc(C(F)(F)F)nc1Cl. The molecule has 21 heavy (non-hydrogen) atoms. The van der Waals surface area contributed by atoms with E-state index in [0.29, 0.717) is 6.07 Å². The maximum Gasteiger partial charge on any atom is 0.433 e. The van der Waals surface area contributed by atoms with Crippen LogP contribution in [0.1, 0.15) is 21.6 Å². The first kappa shape index (κ1) is 16.1. The molecule has 0 saturated carbocycles. The Morgan fingerprint density at radius 3 is 2.19 bits per heavy atom. The number of benzene rings is 1. The molecule has 0 aliphatic carbocycles. The summed E-state index contributed by atoms with van der Waals surface area (Å²) in [6, 6.07) is 5.77. The van der Waals surface area contributed by atoms with Crippen LogP contribution in [0.4, 0.5) is 13.2 Å². The van der Waals surface area contributed by atoms with Gasteiger partial charge in [-0.15, -0.1) is 0 Å². The number of nitrogens with zero attached hydrogens (tertiary/aromatic N) is 1. The van der Waals surface area contributed by atoms with E-state index in [4.69, 9.17) is 34.8 Å². The van der Waals surface area contributed by atoms with E-state index in [9.17, 15) is 18.0 Å². The Kier molecular flexibility index (Phi) is 4.46. The van der Waals surface area contributed by atoms with E-state index in [1.807, 2.05) is 0 Å². The van der Waals surface area contributed by atoms with Crippen molar-refractivity contribution < 1.29 is 18.0 Å². The molecule has 110 valence electrons. The topological polar surface area (TPSA) is 30.0 Å². The molecule has 0 atom stereocenters. The molecule has 1 aromatic carbocycles. The zero-order valence-corrected chi connectivity index (χ0v) is 12.3. The second-order valence-electron chi connectivity index (χ2n) is 3.99. The van der Waals surface area contributed by atoms with Crippen molar-refractivity contribution in [3.8, 4) is 0 Å². The van der Waals surface area contributed by atoms with Crippen LogP contribution in [0.5, 0.6) is 0 Å². The van der Waals surface area contributed by atoms with Crippen LogP contribution in [0, 0.1) is 0 Å². The average Bonchev–Trinajstić information content (AvgIpc) is 2.40. The van der Waals surface area contributed by atoms with Gasteiger partial charge in [-0.05, 0) is 30.3 Å². The van der Waals surface area contributed by atoms with Crippen molar-refractivity contribution in [1.29, 1.82) is 0 Å². The van der Waals surface area contributed by atoms with Gasteiger partial charge in [0.2, 0.25) is 0 Å². The first-order chi connectivity index (χ1) is 9.70. The lowest BCUT2D eigenvalue weighted by Gasteiger charge is -2.08. The number of hydrogen-bond donors (Lipinski definition) is 0. The Labute approximate surface area is 132 Å². The van der Waals surface area contributed by atoms with Crippen LogP contribution in [-0.4, -0.2) is 10.8 Å². The van der Waals surface area contributed by atoms with Crippen molar-refractivity contribution in [2.75, 3.05) is 0 Å². The maximum absolute atomic E-state index is 12.5. The zero-order chi connectivity index (χ0) is 15.8. The van der Waals surface area contributed by atoms with Crippen LogP contribution in [-0.2, 0) is 6.18 Å². The Morgan fingerprint density at radius 1 is 1.00 bits per heavy atom. The second-order valence-corrected chi connectivity index (χ2v) is 5.16. The molecule has 2 aromatic rings. The van der Waals surface area contributed by atoms with Crippen molar-refractivity contribution >= 4 is 40.6 Å². The number of hydrogen-bond acceptors (Lipinski definition) is 2. The molecule has 2 rings (SSSR count). The van der Waals surface area contributed by atoms with Gasteiger partial charge in [0.1, 0.15) is 10.8 Å². The van der Waals surface area contributed by atoms with Gasteiger partial charge in [0.25, 0.3) is 0 Å². The van der Waals surface area contributed by atoms with Crippen LogP contribution in [0.2, 0.25) is 15.2 Å². The molecule has 0 radical (unpaired) electrons. The lowest BCUT2D eigenvalue weighted by atomic mass is 10.0. The minimum absolute atomic E-state index is 0.146. The highest BCUT2D eigenvalue weighted by molar-refractivity contribution is 6.42. The summed E-state index contributed by atoms with van der Waals surface area (Å²) in [5.41, 5.74) is -1.17. The van der Waals surface area contributed by atoms with Gasteiger partial charge >= 0.3 is 6.18 Å². The molecule has 0 unspecified atom stereocenters. The molecule has 8 heteroatoms. The summed E-state index contributed by atoms with van der Waals surface area (Å²) in [7, 11) is 0. The van der Waals surface area contributed by atoms with Gasteiger partial charge in [0, 0.05) is 5.56 Å². The number of aromatic nitrogens is 1. The number of alkyl halides is 3. The van der Waals surface area contributed by atoms with Gasteiger partial charge in [-0.1, -0.05) is 34.8 Å². The monoisotopic (exact) mass is 353 g/mol. The van der Waals surface area contributed by atoms with Crippen molar-refractivity contribution in [1.82, 2.24) is 4.98 Å². The molecule has 0 fully saturated rings. The number of halogens is 6. The van der Waals surface area contributed by atoms with E-state index in [-0.39, 0.29) is 21.2 Å². The van der Waals surface area contributed by atoms with Crippen molar-refractivity contribution in [3.05, 3.63) is 62.4 Å². The highest BCUT2D eigenvalue weighted by Crippen LogP contribution is 2.30. The van der Waals surface area contributed by atoms with Crippen LogP contribution in [0.3, 0.4) is 0 Å². The third kappa shape index (κ3) is 3.48. The van der Waals surface area contributed by atoms with Crippen LogP contribution < -0.4 is 0 Å². The molecule has 0 saturated heterocycles. The molecule has 0 amide bonds. The summed E-state index contributed by atoms with van der Waals surface area (Å²) in [4.78, 5) is 15.4. The second kappa shape index (κ2) is 5.83. The molecule has 0 N–H and O–H groups in total. The van der Waals surface area contributed by atoms with Crippen LogP contribution in [0.25, 0.3) is 0 Å². The predicted molar refractivity (Wildman–Crippen MR) is 74.1 cm³/mol. The van der Waals surface area contributed by atoms with Crippen molar-refractivity contribution in [2.45, 2.75) is 6.18 Å². The first-order valence-corrected chi connectivity index (χ1v) is 6.57. The highest BCUT2D eigenvalue weighted by atomic mass is 35.5. The zero-order valence-electron chi connectivity index (χ0n) is 10.0. The third-order valence-electron chi connectivity index (χ3n) is 2.57. The predicted octanol–water partition coefficient (Wildman–Crippen LogP) is 5.29. The average molecular weight is 355 g/mol. The Bertz CT molecular complexity index is 716. The normalized spacial score (nSPS) is 11.5. The van der Waals surface area contributed by atoms with E-state index in [0.717, 1.165) is 6.07 Å². The third-order valence-corrected chi connectivity index (χ3v) is 3.59.